The molecule has 0 bridgehead atoms. The molecule has 0 fully saturated rings. The number of thiophene rings is 1. The summed E-state index contributed by atoms with van der Waals surface area (Å²) in [6, 6.07) is 39.4. The van der Waals surface area contributed by atoms with E-state index in [1.54, 1.807) is 0 Å². The lowest BCUT2D eigenvalue weighted by molar-refractivity contribution is 1.28. The van der Waals surface area contributed by atoms with E-state index in [-0.39, 0.29) is 0 Å². The monoisotopic (exact) mass is 415 g/mol. The van der Waals surface area contributed by atoms with Crippen LogP contribution in [0.2, 0.25) is 0 Å². The lowest BCUT2D eigenvalue weighted by Gasteiger charge is -2.25. The number of anilines is 3. The molecule has 0 radical (unpaired) electrons. The summed E-state index contributed by atoms with van der Waals surface area (Å²) in [6.45, 7) is 2.13. The van der Waals surface area contributed by atoms with Gasteiger partial charge in [-0.1, -0.05) is 66.2 Å². The average molecular weight is 416 g/mol. The predicted molar refractivity (Wildman–Crippen MR) is 136 cm³/mol. The minimum atomic E-state index is 1.16. The molecule has 5 aromatic carbocycles. The van der Waals surface area contributed by atoms with Gasteiger partial charge in [0.2, 0.25) is 0 Å². The SMILES string of the molecule is Cc1ccc(N(c2ccccc2)c2ccc3sc4ccc5ccccc5c4c3c2)cc1. The van der Waals surface area contributed by atoms with Gasteiger partial charge in [-0.2, -0.15) is 0 Å². The first-order valence-corrected chi connectivity index (χ1v) is 11.4. The third kappa shape index (κ3) is 3.08. The van der Waals surface area contributed by atoms with Crippen molar-refractivity contribution in [1.82, 2.24) is 0 Å². The molecule has 1 aromatic heterocycles. The third-order valence-corrected chi connectivity index (χ3v) is 7.04. The molecule has 0 amide bonds. The normalized spacial score (nSPS) is 11.4. The van der Waals surface area contributed by atoms with Gasteiger partial charge in [-0.05, 0) is 66.2 Å². The van der Waals surface area contributed by atoms with Crippen LogP contribution in [0.3, 0.4) is 0 Å². The van der Waals surface area contributed by atoms with Crippen molar-refractivity contribution in [3.63, 3.8) is 0 Å². The Kier molecular flexibility index (Phi) is 4.26. The van der Waals surface area contributed by atoms with E-state index < -0.39 is 0 Å². The highest BCUT2D eigenvalue weighted by Gasteiger charge is 2.15. The van der Waals surface area contributed by atoms with E-state index in [1.807, 2.05) is 11.3 Å². The number of para-hydroxylation sites is 1. The van der Waals surface area contributed by atoms with E-state index in [0.717, 1.165) is 5.69 Å². The van der Waals surface area contributed by atoms with Crippen molar-refractivity contribution in [2.75, 3.05) is 4.90 Å². The first-order valence-electron chi connectivity index (χ1n) is 10.5. The summed E-state index contributed by atoms with van der Waals surface area (Å²) in [5, 5.41) is 5.29. The zero-order valence-electron chi connectivity index (χ0n) is 17.2. The maximum absolute atomic E-state index is 2.35. The Hall–Kier alpha value is -3.62. The van der Waals surface area contributed by atoms with Gasteiger partial charge in [-0.25, -0.2) is 0 Å². The summed E-state index contributed by atoms with van der Waals surface area (Å²) in [6.07, 6.45) is 0. The van der Waals surface area contributed by atoms with Crippen LogP contribution in [0, 0.1) is 6.92 Å². The van der Waals surface area contributed by atoms with Gasteiger partial charge >= 0.3 is 0 Å². The van der Waals surface area contributed by atoms with Crippen molar-refractivity contribution in [3.05, 3.63) is 115 Å². The molecule has 1 heterocycles. The second-order valence-electron chi connectivity index (χ2n) is 7.95. The van der Waals surface area contributed by atoms with Crippen LogP contribution in [0.1, 0.15) is 5.56 Å². The van der Waals surface area contributed by atoms with Gasteiger partial charge in [-0.3, -0.25) is 0 Å². The number of nitrogens with zero attached hydrogens (tertiary/aromatic N) is 1. The van der Waals surface area contributed by atoms with Crippen molar-refractivity contribution in [2.24, 2.45) is 0 Å². The molecular weight excluding hydrogens is 394 g/mol. The van der Waals surface area contributed by atoms with Crippen LogP contribution in [0.15, 0.2) is 109 Å². The van der Waals surface area contributed by atoms with Crippen molar-refractivity contribution < 1.29 is 0 Å². The maximum atomic E-state index is 2.35. The van der Waals surface area contributed by atoms with Gasteiger partial charge in [0, 0.05) is 37.2 Å². The molecule has 148 valence electrons. The summed E-state index contributed by atoms with van der Waals surface area (Å²) in [4.78, 5) is 2.34. The first kappa shape index (κ1) is 18.2. The molecule has 0 saturated heterocycles. The molecule has 0 atom stereocenters. The molecule has 6 rings (SSSR count). The number of benzene rings is 5. The number of fused-ring (bicyclic) bond motifs is 5. The van der Waals surface area contributed by atoms with E-state index in [9.17, 15) is 0 Å². The fourth-order valence-electron chi connectivity index (χ4n) is 4.39. The Balaban J connectivity index is 1.63. The zero-order chi connectivity index (χ0) is 20.8. The maximum Gasteiger partial charge on any atom is 0.0468 e. The molecule has 0 aliphatic heterocycles. The number of rotatable bonds is 3. The fourth-order valence-corrected chi connectivity index (χ4v) is 5.49. The Morgan fingerprint density at radius 1 is 0.548 bits per heavy atom. The van der Waals surface area contributed by atoms with Crippen LogP contribution in [0.4, 0.5) is 17.1 Å². The van der Waals surface area contributed by atoms with Crippen molar-refractivity contribution >= 4 is 59.3 Å². The molecule has 31 heavy (non-hydrogen) atoms. The van der Waals surface area contributed by atoms with E-state index >= 15 is 0 Å². The van der Waals surface area contributed by atoms with Crippen LogP contribution >= 0.6 is 11.3 Å². The van der Waals surface area contributed by atoms with Gasteiger partial charge in [0.1, 0.15) is 0 Å². The summed E-state index contributed by atoms with van der Waals surface area (Å²) in [5.74, 6) is 0. The Morgan fingerprint density at radius 3 is 2.06 bits per heavy atom. The first-order chi connectivity index (χ1) is 15.3. The molecule has 0 unspecified atom stereocenters. The van der Waals surface area contributed by atoms with E-state index in [1.165, 1.54) is 47.9 Å². The summed E-state index contributed by atoms with van der Waals surface area (Å²) in [7, 11) is 0. The van der Waals surface area contributed by atoms with Gasteiger partial charge < -0.3 is 4.90 Å². The molecule has 6 aromatic rings. The Labute approximate surface area is 185 Å². The molecule has 0 saturated carbocycles. The van der Waals surface area contributed by atoms with Gasteiger partial charge in [0.25, 0.3) is 0 Å². The van der Waals surface area contributed by atoms with Crippen LogP contribution in [0.25, 0.3) is 30.9 Å². The van der Waals surface area contributed by atoms with E-state index in [2.05, 4.69) is 121 Å². The van der Waals surface area contributed by atoms with Crippen LogP contribution < -0.4 is 4.90 Å². The minimum Gasteiger partial charge on any atom is -0.310 e. The highest BCUT2D eigenvalue weighted by Crippen LogP contribution is 2.42. The number of hydrogen-bond acceptors (Lipinski definition) is 2. The van der Waals surface area contributed by atoms with Crippen molar-refractivity contribution in [3.8, 4) is 0 Å². The average Bonchev–Trinajstić information content (AvgIpc) is 3.20. The lowest BCUT2D eigenvalue weighted by atomic mass is 10.0. The summed E-state index contributed by atoms with van der Waals surface area (Å²) >= 11 is 1.87. The molecule has 0 N–H and O–H groups in total. The van der Waals surface area contributed by atoms with E-state index in [0.29, 0.717) is 0 Å². The minimum absolute atomic E-state index is 1.16. The molecule has 0 aliphatic rings. The highest BCUT2D eigenvalue weighted by molar-refractivity contribution is 7.26. The molecule has 0 spiro atoms. The Morgan fingerprint density at radius 2 is 1.23 bits per heavy atom. The van der Waals surface area contributed by atoms with Gasteiger partial charge in [-0.15, -0.1) is 11.3 Å². The summed E-state index contributed by atoms with van der Waals surface area (Å²) in [5.41, 5.74) is 4.77. The third-order valence-electron chi connectivity index (χ3n) is 5.91. The highest BCUT2D eigenvalue weighted by atomic mass is 32.1. The zero-order valence-corrected chi connectivity index (χ0v) is 18.1. The quantitative estimate of drug-likeness (QED) is 0.279. The Bertz CT molecular complexity index is 1530. The second-order valence-corrected chi connectivity index (χ2v) is 9.03. The van der Waals surface area contributed by atoms with Gasteiger partial charge in [0.05, 0.1) is 0 Å². The molecule has 2 heteroatoms. The van der Waals surface area contributed by atoms with Crippen LogP contribution in [-0.4, -0.2) is 0 Å². The molecular formula is C29H21NS. The molecule has 1 nitrogen and oxygen atoms in total. The van der Waals surface area contributed by atoms with E-state index in [4.69, 9.17) is 0 Å². The lowest BCUT2D eigenvalue weighted by Crippen LogP contribution is -2.09. The topological polar surface area (TPSA) is 3.24 Å². The fraction of sp³-hybridized carbons (Fsp3) is 0.0345. The smallest absolute Gasteiger partial charge is 0.0468 e. The largest absolute Gasteiger partial charge is 0.310 e. The predicted octanol–water partition coefficient (Wildman–Crippen LogP) is 8.99. The number of hydrogen-bond donors (Lipinski definition) is 0. The van der Waals surface area contributed by atoms with Crippen molar-refractivity contribution in [2.45, 2.75) is 6.92 Å². The standard InChI is InChI=1S/C29H21NS/c1-20-11-14-23(15-12-20)30(22-8-3-2-4-9-22)24-16-18-27-26(19-24)29-25-10-6-5-7-21(25)13-17-28(29)31-27/h2-19H,1H3. The number of aryl methyl sites for hydroxylation is 1. The van der Waals surface area contributed by atoms with Crippen molar-refractivity contribution in [1.29, 1.82) is 0 Å². The van der Waals surface area contributed by atoms with Crippen LogP contribution in [0.5, 0.6) is 0 Å². The molecule has 0 aliphatic carbocycles. The van der Waals surface area contributed by atoms with Crippen LogP contribution in [-0.2, 0) is 0 Å². The second kappa shape index (κ2) is 7.26. The van der Waals surface area contributed by atoms with Gasteiger partial charge in [0.15, 0.2) is 0 Å². The summed E-state index contributed by atoms with van der Waals surface area (Å²) < 4.78 is 2.67.